The molecule has 0 spiro atoms. The minimum atomic E-state index is -1.71. The van der Waals surface area contributed by atoms with E-state index in [0.29, 0.717) is 16.5 Å². The molecule has 1 saturated heterocycles. The van der Waals surface area contributed by atoms with Gasteiger partial charge in [0.2, 0.25) is 5.91 Å². The Labute approximate surface area is 138 Å². The summed E-state index contributed by atoms with van der Waals surface area (Å²) in [7, 11) is 0. The Balaban J connectivity index is 1.87. The van der Waals surface area contributed by atoms with Crippen molar-refractivity contribution in [3.05, 3.63) is 33.8 Å². The number of hydrogen-bond acceptors (Lipinski definition) is 3. The largest absolute Gasteiger partial charge is 0.479 e. The number of halogens is 2. The van der Waals surface area contributed by atoms with E-state index in [9.17, 15) is 14.7 Å². The van der Waals surface area contributed by atoms with Crippen molar-refractivity contribution >= 4 is 35.1 Å². The van der Waals surface area contributed by atoms with Gasteiger partial charge in [0.15, 0.2) is 5.60 Å². The molecule has 22 heavy (non-hydrogen) atoms. The van der Waals surface area contributed by atoms with Crippen LogP contribution < -0.4 is 0 Å². The van der Waals surface area contributed by atoms with Crippen molar-refractivity contribution in [3.63, 3.8) is 0 Å². The molecule has 1 fully saturated rings. The van der Waals surface area contributed by atoms with Crippen molar-refractivity contribution in [1.82, 2.24) is 4.90 Å². The lowest BCUT2D eigenvalue weighted by Crippen LogP contribution is -2.50. The van der Waals surface area contributed by atoms with Gasteiger partial charge < -0.3 is 15.1 Å². The molecule has 5 nitrogen and oxygen atoms in total. The molecule has 0 radical (unpaired) electrons. The van der Waals surface area contributed by atoms with E-state index in [1.807, 2.05) is 0 Å². The van der Waals surface area contributed by atoms with Crippen molar-refractivity contribution in [1.29, 1.82) is 0 Å². The zero-order valence-electron chi connectivity index (χ0n) is 11.9. The van der Waals surface area contributed by atoms with Crippen molar-refractivity contribution in [2.45, 2.75) is 31.3 Å². The van der Waals surface area contributed by atoms with Crippen molar-refractivity contribution in [2.75, 3.05) is 13.1 Å². The summed E-state index contributed by atoms with van der Waals surface area (Å²) in [4.78, 5) is 24.7. The van der Waals surface area contributed by atoms with Gasteiger partial charge in [0.25, 0.3) is 0 Å². The maximum absolute atomic E-state index is 12.2. The fourth-order valence-corrected chi connectivity index (χ4v) is 2.97. The number of piperidine rings is 1. The summed E-state index contributed by atoms with van der Waals surface area (Å²) in [5.74, 6) is -1.30. The Morgan fingerprint density at radius 1 is 1.23 bits per heavy atom. The fourth-order valence-electron chi connectivity index (χ4n) is 2.46. The molecule has 1 heterocycles. The number of benzene rings is 1. The van der Waals surface area contributed by atoms with Crippen LogP contribution in [0.15, 0.2) is 18.2 Å². The van der Waals surface area contributed by atoms with Gasteiger partial charge in [-0.2, -0.15) is 0 Å². The summed E-state index contributed by atoms with van der Waals surface area (Å²) in [5, 5.41) is 19.9. The highest BCUT2D eigenvalue weighted by Gasteiger charge is 2.40. The predicted octanol–water partition coefficient (Wildman–Crippen LogP) is 2.36. The van der Waals surface area contributed by atoms with Crippen LogP contribution >= 0.6 is 23.2 Å². The van der Waals surface area contributed by atoms with Gasteiger partial charge in [-0.05, 0) is 24.1 Å². The molecule has 0 bridgehead atoms. The monoisotopic (exact) mass is 345 g/mol. The van der Waals surface area contributed by atoms with Gasteiger partial charge in [0, 0.05) is 42.4 Å². The van der Waals surface area contributed by atoms with Crippen molar-refractivity contribution in [3.8, 4) is 0 Å². The van der Waals surface area contributed by atoms with E-state index >= 15 is 0 Å². The molecule has 0 saturated carbocycles. The summed E-state index contributed by atoms with van der Waals surface area (Å²) in [6.07, 6.45) is 0.882. The molecule has 7 heteroatoms. The molecule has 1 aromatic rings. The number of rotatable bonds is 4. The Morgan fingerprint density at radius 3 is 2.41 bits per heavy atom. The van der Waals surface area contributed by atoms with Gasteiger partial charge in [-0.15, -0.1) is 0 Å². The second-order valence-corrected chi connectivity index (χ2v) is 6.30. The number of hydrogen-bond donors (Lipinski definition) is 2. The lowest BCUT2D eigenvalue weighted by Gasteiger charge is -2.35. The quantitative estimate of drug-likeness (QED) is 0.877. The Hall–Kier alpha value is -1.30. The Kier molecular flexibility index (Phi) is 5.32. The van der Waals surface area contributed by atoms with E-state index in [4.69, 9.17) is 28.3 Å². The molecular weight excluding hydrogens is 329 g/mol. The summed E-state index contributed by atoms with van der Waals surface area (Å²) in [5.41, 5.74) is -0.866. The molecule has 0 unspecified atom stereocenters. The van der Waals surface area contributed by atoms with E-state index < -0.39 is 11.6 Å². The standard InChI is InChI=1S/C15H17Cl2NO4/c16-11-3-1-10(12(17)9-11)2-4-13(19)18-7-5-15(22,6-8-18)14(20)21/h1,3,9,22H,2,4-8H2,(H,20,21). The van der Waals surface area contributed by atoms with Crippen LogP contribution in [0.1, 0.15) is 24.8 Å². The van der Waals surface area contributed by atoms with E-state index in [0.717, 1.165) is 5.56 Å². The molecule has 1 aliphatic rings. The van der Waals surface area contributed by atoms with Crippen LogP contribution in [0.2, 0.25) is 10.0 Å². The van der Waals surface area contributed by atoms with E-state index in [1.165, 1.54) is 0 Å². The topological polar surface area (TPSA) is 77.8 Å². The van der Waals surface area contributed by atoms with E-state index in [1.54, 1.807) is 23.1 Å². The molecule has 2 N–H and O–H groups in total. The van der Waals surface area contributed by atoms with Crippen LogP contribution in [0.5, 0.6) is 0 Å². The first kappa shape index (κ1) is 17.1. The van der Waals surface area contributed by atoms with Gasteiger partial charge in [0.1, 0.15) is 0 Å². The normalized spacial score (nSPS) is 17.3. The second kappa shape index (κ2) is 6.86. The highest BCUT2D eigenvalue weighted by Crippen LogP contribution is 2.25. The molecule has 1 aliphatic heterocycles. The van der Waals surface area contributed by atoms with Gasteiger partial charge in [-0.3, -0.25) is 4.79 Å². The van der Waals surface area contributed by atoms with Crippen LogP contribution in [0.25, 0.3) is 0 Å². The molecule has 0 aromatic heterocycles. The fraction of sp³-hybridized carbons (Fsp3) is 0.467. The minimum absolute atomic E-state index is 0.0514. The number of carbonyl (C=O) groups excluding carboxylic acids is 1. The summed E-state index contributed by atoms with van der Waals surface area (Å²) >= 11 is 11.9. The molecule has 1 aromatic carbocycles. The van der Waals surface area contributed by atoms with Crippen LogP contribution in [0, 0.1) is 0 Å². The highest BCUT2D eigenvalue weighted by atomic mass is 35.5. The van der Waals surface area contributed by atoms with Gasteiger partial charge in [-0.25, -0.2) is 4.79 Å². The smallest absolute Gasteiger partial charge is 0.335 e. The first-order chi connectivity index (χ1) is 10.3. The first-order valence-corrected chi connectivity index (χ1v) is 7.75. The number of nitrogens with zero attached hydrogens (tertiary/aromatic N) is 1. The average Bonchev–Trinajstić information content (AvgIpc) is 2.46. The molecule has 120 valence electrons. The number of amides is 1. The van der Waals surface area contributed by atoms with Crippen LogP contribution in [-0.2, 0) is 16.0 Å². The third-order valence-electron chi connectivity index (χ3n) is 3.96. The number of likely N-dealkylation sites (tertiary alicyclic amines) is 1. The lowest BCUT2D eigenvalue weighted by molar-refractivity contribution is -0.165. The Bertz CT molecular complexity index is 583. The van der Waals surface area contributed by atoms with Crippen molar-refractivity contribution < 1.29 is 19.8 Å². The summed E-state index contributed by atoms with van der Waals surface area (Å²) in [6, 6.07) is 5.15. The maximum Gasteiger partial charge on any atom is 0.335 e. The second-order valence-electron chi connectivity index (χ2n) is 5.45. The Morgan fingerprint density at radius 2 is 1.86 bits per heavy atom. The average molecular weight is 346 g/mol. The number of carbonyl (C=O) groups is 2. The van der Waals surface area contributed by atoms with Crippen molar-refractivity contribution in [2.24, 2.45) is 0 Å². The molecular formula is C15H17Cl2NO4. The molecule has 0 aliphatic carbocycles. The summed E-state index contributed by atoms with van der Waals surface area (Å²) < 4.78 is 0. The number of carboxylic acids is 1. The van der Waals surface area contributed by atoms with Gasteiger partial charge in [-0.1, -0.05) is 29.3 Å². The zero-order valence-corrected chi connectivity index (χ0v) is 13.4. The predicted molar refractivity (Wildman–Crippen MR) is 83.2 cm³/mol. The van der Waals surface area contributed by atoms with Crippen LogP contribution in [0.4, 0.5) is 0 Å². The third kappa shape index (κ3) is 3.91. The SMILES string of the molecule is O=C(CCc1ccc(Cl)cc1Cl)N1CCC(O)(C(=O)O)CC1. The molecule has 1 amide bonds. The molecule has 0 atom stereocenters. The number of carboxylic acid groups (broad SMARTS) is 1. The van der Waals surface area contributed by atoms with E-state index in [2.05, 4.69) is 0 Å². The van der Waals surface area contributed by atoms with Crippen LogP contribution in [0.3, 0.4) is 0 Å². The van der Waals surface area contributed by atoms with Gasteiger partial charge >= 0.3 is 5.97 Å². The lowest BCUT2D eigenvalue weighted by atomic mass is 9.91. The first-order valence-electron chi connectivity index (χ1n) is 6.99. The third-order valence-corrected chi connectivity index (χ3v) is 4.55. The summed E-state index contributed by atoms with van der Waals surface area (Å²) in [6.45, 7) is 0.492. The highest BCUT2D eigenvalue weighted by molar-refractivity contribution is 6.35. The number of aliphatic hydroxyl groups is 1. The number of aliphatic carboxylic acids is 1. The maximum atomic E-state index is 12.2. The zero-order chi connectivity index (χ0) is 16.3. The van der Waals surface area contributed by atoms with Gasteiger partial charge in [0.05, 0.1) is 0 Å². The van der Waals surface area contributed by atoms with E-state index in [-0.39, 0.29) is 38.3 Å². The van der Waals surface area contributed by atoms with Crippen LogP contribution in [-0.4, -0.2) is 45.7 Å². The minimum Gasteiger partial charge on any atom is -0.479 e. The molecule has 2 rings (SSSR count). The number of aryl methyl sites for hydroxylation is 1.